The summed E-state index contributed by atoms with van der Waals surface area (Å²) in [6.45, 7) is 4.70. The van der Waals surface area contributed by atoms with Gasteiger partial charge in [-0.15, -0.1) is 0 Å². The fraction of sp³-hybridized carbons (Fsp3) is 0.292. The van der Waals surface area contributed by atoms with Crippen molar-refractivity contribution >= 4 is 15.9 Å². The van der Waals surface area contributed by atoms with Gasteiger partial charge in [0.25, 0.3) is 5.91 Å². The number of carbonyl (C=O) groups excluding carboxylic acids is 1. The number of hydrogen-bond donors (Lipinski definition) is 0. The Morgan fingerprint density at radius 1 is 1.06 bits per heavy atom. The van der Waals surface area contributed by atoms with E-state index in [1.165, 1.54) is 26.2 Å². The number of methoxy groups -OCH3 is 1. The maximum atomic E-state index is 13.3. The first-order valence-corrected chi connectivity index (χ1v) is 11.4. The summed E-state index contributed by atoms with van der Waals surface area (Å²) in [5.74, 6) is 0.524. The minimum absolute atomic E-state index is 0.148. The standard InChI is InChI=1S/C24H30N2O4S/c1-6-7-10-19(2)17-26(18-21-11-8-9-12-23(21)30-5)24(27)20-13-15-22(16-14-20)31(28,29)25(3)4/h6-16H,17-18H2,1-5H3/b7-6-,19-10+. The molecule has 0 spiro atoms. The predicted octanol–water partition coefficient (Wildman–Crippen LogP) is 4.11. The maximum Gasteiger partial charge on any atom is 0.254 e. The van der Waals surface area contributed by atoms with Crippen molar-refractivity contribution in [3.63, 3.8) is 0 Å². The van der Waals surface area contributed by atoms with E-state index in [9.17, 15) is 13.2 Å². The average molecular weight is 443 g/mol. The third-order valence-electron chi connectivity index (χ3n) is 4.73. The summed E-state index contributed by atoms with van der Waals surface area (Å²) in [6, 6.07) is 13.6. The van der Waals surface area contributed by atoms with Crippen LogP contribution in [0.1, 0.15) is 29.8 Å². The molecule has 2 rings (SSSR count). The summed E-state index contributed by atoms with van der Waals surface area (Å²) >= 11 is 0. The number of ether oxygens (including phenoxy) is 1. The molecule has 6 nitrogen and oxygen atoms in total. The zero-order valence-corrected chi connectivity index (χ0v) is 19.5. The van der Waals surface area contributed by atoms with E-state index in [-0.39, 0.29) is 10.8 Å². The van der Waals surface area contributed by atoms with Crippen LogP contribution in [0.4, 0.5) is 0 Å². The average Bonchev–Trinajstić information content (AvgIpc) is 2.77. The van der Waals surface area contributed by atoms with E-state index in [4.69, 9.17) is 4.74 Å². The first-order valence-electron chi connectivity index (χ1n) is 9.93. The van der Waals surface area contributed by atoms with Gasteiger partial charge in [-0.1, -0.05) is 42.0 Å². The molecular weight excluding hydrogens is 412 g/mol. The molecule has 0 aliphatic carbocycles. The van der Waals surface area contributed by atoms with E-state index >= 15 is 0 Å². The van der Waals surface area contributed by atoms with Crippen LogP contribution in [0.2, 0.25) is 0 Å². The van der Waals surface area contributed by atoms with Crippen molar-refractivity contribution in [3.8, 4) is 5.75 Å². The minimum atomic E-state index is -3.55. The molecule has 7 heteroatoms. The first kappa shape index (κ1) is 24.4. The largest absolute Gasteiger partial charge is 0.496 e. The van der Waals surface area contributed by atoms with Crippen LogP contribution in [0.5, 0.6) is 5.75 Å². The highest BCUT2D eigenvalue weighted by molar-refractivity contribution is 7.89. The van der Waals surface area contributed by atoms with E-state index in [1.54, 1.807) is 24.1 Å². The molecule has 0 aliphatic heterocycles. The Kier molecular flexibility index (Phi) is 8.59. The lowest BCUT2D eigenvalue weighted by Crippen LogP contribution is -2.32. The Hall–Kier alpha value is -2.90. The smallest absolute Gasteiger partial charge is 0.254 e. The molecule has 0 atom stereocenters. The summed E-state index contributed by atoms with van der Waals surface area (Å²) in [6.07, 6.45) is 5.83. The number of nitrogens with zero attached hydrogens (tertiary/aromatic N) is 2. The minimum Gasteiger partial charge on any atom is -0.496 e. The second-order valence-corrected chi connectivity index (χ2v) is 9.48. The molecule has 0 saturated heterocycles. The first-order chi connectivity index (χ1) is 14.7. The molecule has 2 aromatic carbocycles. The molecule has 0 heterocycles. The fourth-order valence-electron chi connectivity index (χ4n) is 3.02. The van der Waals surface area contributed by atoms with Gasteiger partial charge >= 0.3 is 0 Å². The van der Waals surface area contributed by atoms with Crippen LogP contribution in [-0.4, -0.2) is 51.3 Å². The third-order valence-corrected chi connectivity index (χ3v) is 6.56. The summed E-state index contributed by atoms with van der Waals surface area (Å²) in [4.78, 5) is 15.2. The lowest BCUT2D eigenvalue weighted by molar-refractivity contribution is 0.0757. The number of carbonyl (C=O) groups is 1. The Bertz CT molecular complexity index is 1060. The lowest BCUT2D eigenvalue weighted by Gasteiger charge is -2.24. The molecule has 31 heavy (non-hydrogen) atoms. The molecule has 166 valence electrons. The maximum absolute atomic E-state index is 13.3. The molecule has 0 bridgehead atoms. The van der Waals surface area contributed by atoms with Crippen LogP contribution >= 0.6 is 0 Å². The highest BCUT2D eigenvalue weighted by Gasteiger charge is 2.21. The van der Waals surface area contributed by atoms with Gasteiger partial charge in [0, 0.05) is 38.3 Å². The Morgan fingerprint density at radius 2 is 1.71 bits per heavy atom. The number of hydrogen-bond acceptors (Lipinski definition) is 4. The van der Waals surface area contributed by atoms with Crippen molar-refractivity contribution in [2.45, 2.75) is 25.3 Å². The van der Waals surface area contributed by atoms with Gasteiger partial charge in [0.2, 0.25) is 10.0 Å². The summed E-state index contributed by atoms with van der Waals surface area (Å²) in [5.41, 5.74) is 2.34. The second kappa shape index (κ2) is 10.9. The van der Waals surface area contributed by atoms with E-state index in [0.717, 1.165) is 15.4 Å². The Balaban J connectivity index is 2.37. The molecule has 0 saturated carbocycles. The van der Waals surface area contributed by atoms with Gasteiger partial charge in [-0.2, -0.15) is 0 Å². The van der Waals surface area contributed by atoms with E-state index in [2.05, 4.69) is 0 Å². The zero-order valence-electron chi connectivity index (χ0n) is 18.7. The van der Waals surface area contributed by atoms with Crippen LogP contribution < -0.4 is 4.74 Å². The number of rotatable bonds is 9. The van der Waals surface area contributed by atoms with Gasteiger partial charge in [0.1, 0.15) is 5.75 Å². The molecule has 0 N–H and O–H groups in total. The SMILES string of the molecule is C/C=C\C=C(/C)CN(Cc1ccccc1OC)C(=O)c1ccc(S(=O)(=O)N(C)C)cc1. The predicted molar refractivity (Wildman–Crippen MR) is 124 cm³/mol. The van der Waals surface area contributed by atoms with Gasteiger partial charge < -0.3 is 9.64 Å². The molecule has 0 radical (unpaired) electrons. The van der Waals surface area contributed by atoms with Crippen LogP contribution in [0.15, 0.2) is 77.2 Å². The van der Waals surface area contributed by atoms with Crippen molar-refractivity contribution < 1.29 is 17.9 Å². The summed E-state index contributed by atoms with van der Waals surface area (Å²) in [5, 5.41) is 0. The quantitative estimate of drug-likeness (QED) is 0.548. The van der Waals surface area contributed by atoms with E-state index in [0.29, 0.717) is 24.4 Å². The third kappa shape index (κ3) is 6.29. The van der Waals surface area contributed by atoms with Crippen LogP contribution in [0.25, 0.3) is 0 Å². The molecule has 0 unspecified atom stereocenters. The van der Waals surface area contributed by atoms with Crippen molar-refractivity contribution in [1.82, 2.24) is 9.21 Å². The van der Waals surface area contributed by atoms with Crippen LogP contribution in [-0.2, 0) is 16.6 Å². The zero-order chi connectivity index (χ0) is 23.0. The highest BCUT2D eigenvalue weighted by atomic mass is 32.2. The number of amides is 1. The van der Waals surface area contributed by atoms with E-state index in [1.807, 2.05) is 56.3 Å². The molecule has 2 aromatic rings. The number of sulfonamides is 1. The highest BCUT2D eigenvalue weighted by Crippen LogP contribution is 2.22. The van der Waals surface area contributed by atoms with Gasteiger partial charge in [-0.3, -0.25) is 4.79 Å². The number of para-hydroxylation sites is 1. The summed E-state index contributed by atoms with van der Waals surface area (Å²) < 4.78 is 31.2. The molecule has 0 aliphatic rings. The second-order valence-electron chi connectivity index (χ2n) is 7.32. The lowest BCUT2D eigenvalue weighted by atomic mass is 10.1. The van der Waals surface area contributed by atoms with Gasteiger partial charge in [0.15, 0.2) is 0 Å². The Morgan fingerprint density at radius 3 is 2.29 bits per heavy atom. The van der Waals surface area contributed by atoms with Gasteiger partial charge in [-0.05, 0) is 44.2 Å². The topological polar surface area (TPSA) is 66.9 Å². The van der Waals surface area contributed by atoms with Crippen LogP contribution in [0, 0.1) is 0 Å². The number of allylic oxidation sites excluding steroid dienone is 3. The molecule has 1 amide bonds. The van der Waals surface area contributed by atoms with Gasteiger partial charge in [0.05, 0.1) is 12.0 Å². The normalized spacial score (nSPS) is 12.4. The fourth-order valence-corrected chi connectivity index (χ4v) is 3.92. The van der Waals surface area contributed by atoms with Crippen molar-refractivity contribution in [2.24, 2.45) is 0 Å². The van der Waals surface area contributed by atoms with Crippen molar-refractivity contribution in [2.75, 3.05) is 27.7 Å². The monoisotopic (exact) mass is 442 g/mol. The number of benzene rings is 2. The molecular formula is C24H30N2O4S. The van der Waals surface area contributed by atoms with Crippen molar-refractivity contribution in [1.29, 1.82) is 0 Å². The molecule has 0 fully saturated rings. The summed E-state index contributed by atoms with van der Waals surface area (Å²) in [7, 11) is 1.00. The van der Waals surface area contributed by atoms with E-state index < -0.39 is 10.0 Å². The van der Waals surface area contributed by atoms with Gasteiger partial charge in [-0.25, -0.2) is 12.7 Å². The van der Waals surface area contributed by atoms with Crippen molar-refractivity contribution in [3.05, 3.63) is 83.5 Å². The molecule has 0 aromatic heterocycles. The van der Waals surface area contributed by atoms with Crippen LogP contribution in [0.3, 0.4) is 0 Å². The Labute approximate surface area is 185 Å².